The Morgan fingerprint density at radius 3 is 2.42 bits per heavy atom. The predicted molar refractivity (Wildman–Crippen MR) is 48.1 cm³/mol. The second-order valence-electron chi connectivity index (χ2n) is 3.66. The van der Waals surface area contributed by atoms with E-state index in [-0.39, 0.29) is 0 Å². The van der Waals surface area contributed by atoms with E-state index in [0.717, 1.165) is 19.3 Å². The van der Waals surface area contributed by atoms with E-state index in [1.165, 1.54) is 0 Å². The lowest BCUT2D eigenvalue weighted by Gasteiger charge is -2.26. The smallest absolute Gasteiger partial charge is 0.167 e. The summed E-state index contributed by atoms with van der Waals surface area (Å²) in [5, 5.41) is 0. The maximum atomic E-state index is 11.7. The minimum atomic E-state index is -0.504. The Balaban J connectivity index is 2.56. The highest BCUT2D eigenvalue weighted by Gasteiger charge is 2.41. The highest BCUT2D eigenvalue weighted by atomic mass is 16.5. The molecule has 1 aliphatic rings. The van der Waals surface area contributed by atoms with Crippen LogP contribution >= 0.6 is 0 Å². The zero-order valence-electron chi connectivity index (χ0n) is 8.22. The molecule has 0 aromatic rings. The fraction of sp³-hybridized carbons (Fsp3) is 0.900. The van der Waals surface area contributed by atoms with Crippen LogP contribution in [0.15, 0.2) is 0 Å². The van der Waals surface area contributed by atoms with Gasteiger partial charge in [0.25, 0.3) is 0 Å². The van der Waals surface area contributed by atoms with E-state index in [1.807, 2.05) is 20.8 Å². The van der Waals surface area contributed by atoms with Crippen molar-refractivity contribution < 1.29 is 9.53 Å². The molecule has 1 fully saturated rings. The summed E-state index contributed by atoms with van der Waals surface area (Å²) in [6, 6.07) is 0. The largest absolute Gasteiger partial charge is 0.368 e. The first-order valence-electron chi connectivity index (χ1n) is 4.82. The van der Waals surface area contributed by atoms with E-state index in [4.69, 9.17) is 4.74 Å². The van der Waals surface area contributed by atoms with Crippen molar-refractivity contribution in [1.29, 1.82) is 0 Å². The summed E-state index contributed by atoms with van der Waals surface area (Å²) in [6.07, 6.45) is 2.93. The first-order chi connectivity index (χ1) is 5.64. The lowest BCUT2D eigenvalue weighted by atomic mass is 9.94. The van der Waals surface area contributed by atoms with Crippen LogP contribution < -0.4 is 0 Å². The Morgan fingerprint density at radius 1 is 1.50 bits per heavy atom. The molecule has 0 aliphatic heterocycles. The topological polar surface area (TPSA) is 26.3 Å². The van der Waals surface area contributed by atoms with Crippen LogP contribution in [0.3, 0.4) is 0 Å². The molecule has 0 heterocycles. The van der Waals surface area contributed by atoms with Crippen LogP contribution in [0.25, 0.3) is 0 Å². The molecule has 1 saturated carbocycles. The minimum absolute atomic E-state index is 0.307. The molecule has 1 unspecified atom stereocenters. The number of ether oxygens (including phenoxy) is 1. The van der Waals surface area contributed by atoms with Gasteiger partial charge in [0.05, 0.1) is 0 Å². The normalized spacial score (nSPS) is 21.9. The molecule has 2 heteroatoms. The van der Waals surface area contributed by atoms with Crippen molar-refractivity contribution in [1.82, 2.24) is 0 Å². The second-order valence-corrected chi connectivity index (χ2v) is 3.66. The van der Waals surface area contributed by atoms with Crippen LogP contribution in [0.4, 0.5) is 0 Å². The van der Waals surface area contributed by atoms with E-state index in [1.54, 1.807) is 0 Å². The van der Waals surface area contributed by atoms with Gasteiger partial charge in [0, 0.05) is 12.5 Å². The Kier molecular flexibility index (Phi) is 2.89. The van der Waals surface area contributed by atoms with Gasteiger partial charge in [-0.25, -0.2) is 0 Å². The highest BCUT2D eigenvalue weighted by molar-refractivity contribution is 5.90. The Morgan fingerprint density at radius 2 is 2.08 bits per heavy atom. The summed E-state index contributed by atoms with van der Waals surface area (Å²) in [7, 11) is 0. The van der Waals surface area contributed by atoms with E-state index in [2.05, 4.69) is 0 Å². The number of hydrogen-bond donors (Lipinski definition) is 0. The van der Waals surface area contributed by atoms with Crippen molar-refractivity contribution in [3.05, 3.63) is 0 Å². The molecule has 12 heavy (non-hydrogen) atoms. The fourth-order valence-corrected chi connectivity index (χ4v) is 1.44. The maximum Gasteiger partial charge on any atom is 0.167 e. The molecule has 0 amide bonds. The lowest BCUT2D eigenvalue weighted by molar-refractivity contribution is -0.143. The van der Waals surface area contributed by atoms with Gasteiger partial charge in [0.1, 0.15) is 5.60 Å². The minimum Gasteiger partial charge on any atom is -0.368 e. The van der Waals surface area contributed by atoms with Gasteiger partial charge < -0.3 is 4.74 Å². The standard InChI is InChI=1S/C10H18O2/c1-4-10(3,12-5-2)9(11)8-6-7-8/h8H,4-7H2,1-3H3. The van der Waals surface area contributed by atoms with Gasteiger partial charge in [-0.05, 0) is 33.1 Å². The molecular formula is C10H18O2. The third kappa shape index (κ3) is 1.86. The van der Waals surface area contributed by atoms with E-state index >= 15 is 0 Å². The Hall–Kier alpha value is -0.370. The SMILES string of the molecule is CCOC(C)(CC)C(=O)C1CC1. The monoisotopic (exact) mass is 170 g/mol. The van der Waals surface area contributed by atoms with Crippen molar-refractivity contribution in [3.8, 4) is 0 Å². The molecule has 1 atom stereocenters. The summed E-state index contributed by atoms with van der Waals surface area (Å²) >= 11 is 0. The Bertz CT molecular complexity index is 173. The Labute approximate surface area is 74.3 Å². The van der Waals surface area contributed by atoms with Crippen LogP contribution in [-0.2, 0) is 9.53 Å². The van der Waals surface area contributed by atoms with Gasteiger partial charge in [-0.1, -0.05) is 6.92 Å². The molecule has 70 valence electrons. The number of carbonyl (C=O) groups excluding carboxylic acids is 1. The summed E-state index contributed by atoms with van der Waals surface area (Å²) in [5.74, 6) is 0.619. The third-order valence-corrected chi connectivity index (χ3v) is 2.61. The van der Waals surface area contributed by atoms with Crippen molar-refractivity contribution in [2.45, 2.75) is 45.6 Å². The van der Waals surface area contributed by atoms with Crippen molar-refractivity contribution in [2.24, 2.45) is 5.92 Å². The molecule has 0 radical (unpaired) electrons. The van der Waals surface area contributed by atoms with Crippen molar-refractivity contribution in [3.63, 3.8) is 0 Å². The van der Waals surface area contributed by atoms with Gasteiger partial charge in [-0.2, -0.15) is 0 Å². The first kappa shape index (κ1) is 9.72. The predicted octanol–water partition coefficient (Wildman–Crippen LogP) is 2.17. The molecule has 2 nitrogen and oxygen atoms in total. The second kappa shape index (κ2) is 3.56. The highest BCUT2D eigenvalue weighted by Crippen LogP contribution is 2.36. The summed E-state index contributed by atoms with van der Waals surface area (Å²) in [4.78, 5) is 11.7. The molecule has 0 aromatic heterocycles. The molecular weight excluding hydrogens is 152 g/mol. The zero-order valence-corrected chi connectivity index (χ0v) is 8.22. The van der Waals surface area contributed by atoms with Gasteiger partial charge in [0.15, 0.2) is 5.78 Å². The van der Waals surface area contributed by atoms with Gasteiger partial charge in [-0.15, -0.1) is 0 Å². The summed E-state index contributed by atoms with van der Waals surface area (Å²) < 4.78 is 5.49. The van der Waals surface area contributed by atoms with E-state index in [0.29, 0.717) is 18.3 Å². The van der Waals surface area contributed by atoms with E-state index in [9.17, 15) is 4.79 Å². The van der Waals surface area contributed by atoms with Gasteiger partial charge >= 0.3 is 0 Å². The molecule has 1 rings (SSSR count). The number of ketones is 1. The quantitative estimate of drug-likeness (QED) is 0.632. The van der Waals surface area contributed by atoms with Crippen LogP contribution in [0.1, 0.15) is 40.0 Å². The average molecular weight is 170 g/mol. The van der Waals surface area contributed by atoms with Crippen LogP contribution in [0.5, 0.6) is 0 Å². The molecule has 0 bridgehead atoms. The van der Waals surface area contributed by atoms with Crippen LogP contribution in [0.2, 0.25) is 0 Å². The maximum absolute atomic E-state index is 11.7. The number of carbonyl (C=O) groups is 1. The number of rotatable bonds is 5. The molecule has 0 N–H and O–H groups in total. The first-order valence-corrected chi connectivity index (χ1v) is 4.82. The summed E-state index contributed by atoms with van der Waals surface area (Å²) in [6.45, 7) is 6.49. The summed E-state index contributed by atoms with van der Waals surface area (Å²) in [5.41, 5.74) is -0.504. The number of hydrogen-bond acceptors (Lipinski definition) is 2. The molecule has 0 saturated heterocycles. The lowest BCUT2D eigenvalue weighted by Crippen LogP contribution is -2.39. The van der Waals surface area contributed by atoms with Crippen LogP contribution in [0, 0.1) is 5.92 Å². The van der Waals surface area contributed by atoms with Gasteiger partial charge in [0.2, 0.25) is 0 Å². The van der Waals surface area contributed by atoms with Gasteiger partial charge in [-0.3, -0.25) is 4.79 Å². The van der Waals surface area contributed by atoms with Crippen molar-refractivity contribution in [2.75, 3.05) is 6.61 Å². The number of Topliss-reactive ketones (excluding diaryl/α,β-unsaturated/α-hetero) is 1. The molecule has 0 aromatic carbocycles. The fourth-order valence-electron chi connectivity index (χ4n) is 1.44. The molecule has 1 aliphatic carbocycles. The van der Waals surface area contributed by atoms with E-state index < -0.39 is 5.60 Å². The third-order valence-electron chi connectivity index (χ3n) is 2.61. The van der Waals surface area contributed by atoms with Crippen molar-refractivity contribution >= 4 is 5.78 Å². The molecule has 0 spiro atoms. The zero-order chi connectivity index (χ0) is 9.19. The van der Waals surface area contributed by atoms with Crippen LogP contribution in [-0.4, -0.2) is 18.0 Å². The average Bonchev–Trinajstić information content (AvgIpc) is 2.86.